The van der Waals surface area contributed by atoms with Crippen molar-refractivity contribution in [3.63, 3.8) is 0 Å². The van der Waals surface area contributed by atoms with Crippen LogP contribution >= 0.6 is 0 Å². The fourth-order valence-electron chi connectivity index (χ4n) is 2.90. The van der Waals surface area contributed by atoms with E-state index in [1.54, 1.807) is 0 Å². The predicted octanol–water partition coefficient (Wildman–Crippen LogP) is 3.76. The third-order valence-corrected chi connectivity index (χ3v) is 4.06. The smallest absolute Gasteiger partial charge is 0.138 e. The zero-order chi connectivity index (χ0) is 14.4. The lowest BCUT2D eigenvalue weighted by Crippen LogP contribution is -1.98. The normalized spacial score (nSPS) is 15.0. The fourth-order valence-corrected chi connectivity index (χ4v) is 2.90. The second-order valence-corrected chi connectivity index (χ2v) is 5.51. The van der Waals surface area contributed by atoms with Crippen LogP contribution in [0, 0.1) is 6.92 Å². The van der Waals surface area contributed by atoms with Crippen molar-refractivity contribution < 1.29 is 14.3 Å². The van der Waals surface area contributed by atoms with Crippen LogP contribution in [0.25, 0.3) is 11.0 Å². The zero-order valence-electron chi connectivity index (χ0n) is 11.8. The summed E-state index contributed by atoms with van der Waals surface area (Å²) in [6.07, 6.45) is 0.150. The first-order valence-electron chi connectivity index (χ1n) is 7.15. The van der Waals surface area contributed by atoms with Gasteiger partial charge in [0, 0.05) is 11.8 Å². The monoisotopic (exact) mass is 280 g/mol. The molecule has 1 unspecified atom stereocenters. The molecule has 1 atom stereocenters. The van der Waals surface area contributed by atoms with Gasteiger partial charge in [-0.2, -0.15) is 0 Å². The molecule has 1 aromatic heterocycles. The number of para-hydroxylation sites is 1. The minimum absolute atomic E-state index is 0.582. The van der Waals surface area contributed by atoms with E-state index in [0.717, 1.165) is 46.4 Å². The highest BCUT2D eigenvalue weighted by molar-refractivity contribution is 5.81. The van der Waals surface area contributed by atoms with E-state index in [1.807, 2.05) is 49.4 Å². The maximum atomic E-state index is 10.6. The number of ether oxygens (including phenoxy) is 1. The Morgan fingerprint density at radius 3 is 2.90 bits per heavy atom. The first kappa shape index (κ1) is 12.5. The molecule has 0 aliphatic carbocycles. The van der Waals surface area contributed by atoms with Crippen molar-refractivity contribution in [2.45, 2.75) is 19.4 Å². The minimum atomic E-state index is -0.748. The summed E-state index contributed by atoms with van der Waals surface area (Å²) in [6.45, 7) is 2.73. The molecule has 2 aromatic carbocycles. The van der Waals surface area contributed by atoms with E-state index in [-0.39, 0.29) is 0 Å². The summed E-state index contributed by atoms with van der Waals surface area (Å²) < 4.78 is 11.4. The summed E-state index contributed by atoms with van der Waals surface area (Å²) in [5.74, 6) is 1.50. The fraction of sp³-hybridized carbons (Fsp3) is 0.222. The molecule has 1 aliphatic heterocycles. The molecule has 3 heteroatoms. The molecule has 0 fully saturated rings. The SMILES string of the molecule is Cc1cccc2cc(C(O)c3ccc4c(c3)CCO4)oc12. The van der Waals surface area contributed by atoms with Gasteiger partial charge in [0.2, 0.25) is 0 Å². The Balaban J connectivity index is 1.75. The zero-order valence-corrected chi connectivity index (χ0v) is 11.8. The van der Waals surface area contributed by atoms with Crippen molar-refractivity contribution in [2.75, 3.05) is 6.61 Å². The van der Waals surface area contributed by atoms with Crippen LogP contribution in [-0.4, -0.2) is 11.7 Å². The maximum absolute atomic E-state index is 10.6. The van der Waals surface area contributed by atoms with Crippen molar-refractivity contribution in [1.29, 1.82) is 0 Å². The van der Waals surface area contributed by atoms with Crippen molar-refractivity contribution >= 4 is 11.0 Å². The van der Waals surface area contributed by atoms with Crippen LogP contribution in [0.15, 0.2) is 46.9 Å². The van der Waals surface area contributed by atoms with Crippen LogP contribution in [0.5, 0.6) is 5.75 Å². The van der Waals surface area contributed by atoms with E-state index in [1.165, 1.54) is 0 Å². The number of furan rings is 1. The van der Waals surface area contributed by atoms with Crippen molar-refractivity contribution in [3.05, 3.63) is 64.9 Å². The Morgan fingerprint density at radius 2 is 2.05 bits per heavy atom. The summed E-state index contributed by atoms with van der Waals surface area (Å²) in [6, 6.07) is 13.7. The molecule has 21 heavy (non-hydrogen) atoms. The highest BCUT2D eigenvalue weighted by atomic mass is 16.5. The number of rotatable bonds is 2. The summed E-state index contributed by atoms with van der Waals surface area (Å²) in [4.78, 5) is 0. The van der Waals surface area contributed by atoms with Crippen LogP contribution in [0.1, 0.15) is 28.6 Å². The molecule has 0 spiro atoms. The van der Waals surface area contributed by atoms with Gasteiger partial charge in [-0.25, -0.2) is 0 Å². The number of hydrogen-bond acceptors (Lipinski definition) is 3. The van der Waals surface area contributed by atoms with Gasteiger partial charge in [0.25, 0.3) is 0 Å². The first-order valence-corrected chi connectivity index (χ1v) is 7.15. The van der Waals surface area contributed by atoms with Crippen molar-refractivity contribution in [1.82, 2.24) is 0 Å². The number of fused-ring (bicyclic) bond motifs is 2. The minimum Gasteiger partial charge on any atom is -0.493 e. The van der Waals surface area contributed by atoms with Gasteiger partial charge in [0.05, 0.1) is 6.61 Å². The number of benzene rings is 2. The number of aliphatic hydroxyl groups excluding tert-OH is 1. The van der Waals surface area contributed by atoms with Crippen LogP contribution in [0.3, 0.4) is 0 Å². The number of aliphatic hydroxyl groups is 1. The van der Waals surface area contributed by atoms with E-state index < -0.39 is 6.10 Å². The van der Waals surface area contributed by atoms with Crippen molar-refractivity contribution in [3.8, 4) is 5.75 Å². The van der Waals surface area contributed by atoms with Gasteiger partial charge >= 0.3 is 0 Å². The van der Waals surface area contributed by atoms with Gasteiger partial charge < -0.3 is 14.3 Å². The Labute approximate surface area is 122 Å². The highest BCUT2D eigenvalue weighted by Crippen LogP contribution is 2.33. The lowest BCUT2D eigenvalue weighted by molar-refractivity contribution is 0.192. The van der Waals surface area contributed by atoms with E-state index >= 15 is 0 Å². The lowest BCUT2D eigenvalue weighted by Gasteiger charge is -2.09. The molecule has 0 amide bonds. The third-order valence-electron chi connectivity index (χ3n) is 4.06. The highest BCUT2D eigenvalue weighted by Gasteiger charge is 2.19. The molecule has 1 aliphatic rings. The van der Waals surface area contributed by atoms with Gasteiger partial charge in [-0.3, -0.25) is 0 Å². The Bertz CT molecular complexity index is 816. The molecule has 0 saturated carbocycles. The summed E-state index contributed by atoms with van der Waals surface area (Å²) >= 11 is 0. The molecule has 3 nitrogen and oxygen atoms in total. The molecule has 3 aromatic rings. The van der Waals surface area contributed by atoms with Crippen molar-refractivity contribution in [2.24, 2.45) is 0 Å². The Kier molecular flexibility index (Phi) is 2.76. The topological polar surface area (TPSA) is 42.6 Å². The predicted molar refractivity (Wildman–Crippen MR) is 80.7 cm³/mol. The lowest BCUT2D eigenvalue weighted by atomic mass is 10.0. The van der Waals surface area contributed by atoms with E-state index in [4.69, 9.17) is 9.15 Å². The molecule has 0 radical (unpaired) electrons. The van der Waals surface area contributed by atoms with Gasteiger partial charge in [0.15, 0.2) is 0 Å². The number of aryl methyl sites for hydroxylation is 1. The second kappa shape index (κ2) is 4.64. The Morgan fingerprint density at radius 1 is 1.14 bits per heavy atom. The molecular weight excluding hydrogens is 264 g/mol. The molecule has 0 saturated heterocycles. The molecule has 0 bridgehead atoms. The average Bonchev–Trinajstić information content (AvgIpc) is 3.12. The van der Waals surface area contributed by atoms with Crippen LogP contribution in [0.4, 0.5) is 0 Å². The molecule has 4 rings (SSSR count). The summed E-state index contributed by atoms with van der Waals surface area (Å²) in [7, 11) is 0. The molecular formula is C18H16O3. The molecule has 106 valence electrons. The largest absolute Gasteiger partial charge is 0.493 e. The van der Waals surface area contributed by atoms with Gasteiger partial charge in [-0.1, -0.05) is 24.3 Å². The first-order chi connectivity index (χ1) is 10.2. The van der Waals surface area contributed by atoms with E-state index in [2.05, 4.69) is 0 Å². The third kappa shape index (κ3) is 2.01. The van der Waals surface area contributed by atoms with Gasteiger partial charge in [0.1, 0.15) is 23.2 Å². The van der Waals surface area contributed by atoms with Crippen LogP contribution in [0.2, 0.25) is 0 Å². The second-order valence-electron chi connectivity index (χ2n) is 5.51. The van der Waals surface area contributed by atoms with Gasteiger partial charge in [-0.05, 0) is 41.8 Å². The number of hydrogen-bond donors (Lipinski definition) is 1. The standard InChI is InChI=1S/C18H16O3/c1-11-3-2-4-14-10-16(21-18(11)14)17(19)13-5-6-15-12(9-13)7-8-20-15/h2-6,9-10,17,19H,7-8H2,1H3. The van der Waals surface area contributed by atoms with Crippen LogP contribution < -0.4 is 4.74 Å². The average molecular weight is 280 g/mol. The summed E-state index contributed by atoms with van der Waals surface area (Å²) in [5.41, 5.74) is 3.92. The maximum Gasteiger partial charge on any atom is 0.138 e. The molecule has 1 N–H and O–H groups in total. The summed E-state index contributed by atoms with van der Waals surface area (Å²) in [5, 5.41) is 11.6. The molecule has 2 heterocycles. The van der Waals surface area contributed by atoms with E-state index in [9.17, 15) is 5.11 Å². The van der Waals surface area contributed by atoms with Gasteiger partial charge in [-0.15, -0.1) is 0 Å². The quantitative estimate of drug-likeness (QED) is 0.777. The van der Waals surface area contributed by atoms with E-state index in [0.29, 0.717) is 5.76 Å². The Hall–Kier alpha value is -2.26. The van der Waals surface area contributed by atoms with Crippen LogP contribution in [-0.2, 0) is 6.42 Å².